The van der Waals surface area contributed by atoms with Gasteiger partial charge in [0.2, 0.25) is 10.0 Å². The van der Waals surface area contributed by atoms with Crippen LogP contribution in [0.5, 0.6) is 5.75 Å². The van der Waals surface area contributed by atoms with Gasteiger partial charge in [-0.2, -0.15) is 4.31 Å². The Morgan fingerprint density at radius 3 is 2.54 bits per heavy atom. The molecule has 3 aromatic rings. The number of nitrogens with one attached hydrogen (secondary N) is 2. The molecule has 1 aromatic carbocycles. The summed E-state index contributed by atoms with van der Waals surface area (Å²) in [6.07, 6.45) is 3.16. The molecule has 4 rings (SSSR count). The van der Waals surface area contributed by atoms with Crippen LogP contribution in [0.1, 0.15) is 44.6 Å². The van der Waals surface area contributed by atoms with E-state index in [0.717, 1.165) is 19.3 Å². The van der Waals surface area contributed by atoms with Gasteiger partial charge in [0, 0.05) is 32.4 Å². The van der Waals surface area contributed by atoms with Gasteiger partial charge < -0.3 is 14.6 Å². The van der Waals surface area contributed by atoms with Gasteiger partial charge in [-0.05, 0) is 38.5 Å². The highest BCUT2D eigenvalue weighted by atomic mass is 32.2. The molecule has 0 spiro atoms. The second-order valence-corrected chi connectivity index (χ2v) is 11.2. The van der Waals surface area contributed by atoms with Crippen molar-refractivity contribution in [3.63, 3.8) is 0 Å². The maximum absolute atomic E-state index is 13.5. The predicted octanol–water partition coefficient (Wildman–Crippen LogP) is 1.04. The van der Waals surface area contributed by atoms with E-state index in [1.54, 1.807) is 33.9 Å². The lowest BCUT2D eigenvalue weighted by Gasteiger charge is -2.32. The molecule has 0 saturated carbocycles. The number of ether oxygens (including phenoxy) is 1. The molecule has 0 atom stereocenters. The average molecular weight is 504 g/mol. The van der Waals surface area contributed by atoms with Crippen LogP contribution in [-0.4, -0.2) is 72.1 Å². The fourth-order valence-electron chi connectivity index (χ4n) is 4.70. The van der Waals surface area contributed by atoms with E-state index in [9.17, 15) is 13.2 Å². The van der Waals surface area contributed by atoms with Gasteiger partial charge in [0.15, 0.2) is 11.3 Å². The highest BCUT2D eigenvalue weighted by molar-refractivity contribution is 7.89. The number of nitrogens with zero attached hydrogens (tertiary/aromatic N) is 4. The number of imidazole rings is 1. The van der Waals surface area contributed by atoms with Gasteiger partial charge in [0.1, 0.15) is 11.6 Å². The summed E-state index contributed by atoms with van der Waals surface area (Å²) in [6, 6.07) is 5.21. The molecular weight excluding hydrogens is 468 g/mol. The molecule has 0 unspecified atom stereocenters. The van der Waals surface area contributed by atoms with Crippen LogP contribution in [0.15, 0.2) is 27.9 Å². The van der Waals surface area contributed by atoms with Crippen LogP contribution < -0.4 is 15.2 Å². The topological polar surface area (TPSA) is 114 Å². The Labute approximate surface area is 206 Å². The zero-order chi connectivity index (χ0) is 25.3. The number of H-pyrrole nitrogens is 1. The van der Waals surface area contributed by atoms with Gasteiger partial charge in [0.05, 0.1) is 42.9 Å². The molecule has 1 aliphatic heterocycles. The van der Waals surface area contributed by atoms with Crippen LogP contribution in [0.2, 0.25) is 0 Å². The van der Waals surface area contributed by atoms with Crippen LogP contribution in [-0.2, 0) is 16.4 Å². The first-order chi connectivity index (χ1) is 16.7. The monoisotopic (exact) mass is 503 g/mol. The largest absolute Gasteiger partial charge is 0.493 e. The van der Waals surface area contributed by atoms with Gasteiger partial charge in [-0.25, -0.2) is 17.9 Å². The predicted molar refractivity (Wildman–Crippen MR) is 134 cm³/mol. The summed E-state index contributed by atoms with van der Waals surface area (Å²) in [5.41, 5.74) is 1.10. The molecule has 10 nitrogen and oxygen atoms in total. The van der Waals surface area contributed by atoms with Gasteiger partial charge in [-0.3, -0.25) is 4.79 Å². The second kappa shape index (κ2) is 10.1. The van der Waals surface area contributed by atoms with Crippen LogP contribution in [0.25, 0.3) is 16.9 Å². The first-order valence-corrected chi connectivity index (χ1v) is 13.7. The van der Waals surface area contributed by atoms with Crippen LogP contribution in [0.4, 0.5) is 0 Å². The minimum Gasteiger partial charge on any atom is -0.493 e. The number of fused-ring (bicyclic) bond motifs is 1. The molecule has 1 saturated heterocycles. The van der Waals surface area contributed by atoms with E-state index in [-0.39, 0.29) is 16.3 Å². The van der Waals surface area contributed by atoms with E-state index < -0.39 is 10.0 Å². The number of aromatic amines is 1. The van der Waals surface area contributed by atoms with Crippen LogP contribution in [0.3, 0.4) is 0 Å². The van der Waals surface area contributed by atoms with E-state index in [2.05, 4.69) is 29.2 Å². The molecule has 3 heterocycles. The zero-order valence-corrected chi connectivity index (χ0v) is 21.9. The Morgan fingerprint density at radius 1 is 1.20 bits per heavy atom. The van der Waals surface area contributed by atoms with E-state index in [0.29, 0.717) is 60.5 Å². The quantitative estimate of drug-likeness (QED) is 0.475. The van der Waals surface area contributed by atoms with Crippen molar-refractivity contribution in [3.05, 3.63) is 40.1 Å². The van der Waals surface area contributed by atoms with Crippen molar-refractivity contribution in [2.75, 3.05) is 33.8 Å². The lowest BCUT2D eigenvalue weighted by Crippen LogP contribution is -3.10. The number of piperidine rings is 1. The standard InChI is InChI=1S/C24H34N6O4S/c1-6-8-21-25-16(3)22-24(31)26-23(27-30(21)22)19-15-18(9-10-20(19)34-7-2)35(32,33)29-13-11-17(12-14-29)28(4)5/h9-10,15,17H,6-8,11-14H2,1-5H3,(H,26,27,31)/p+1. The molecule has 35 heavy (non-hydrogen) atoms. The van der Waals surface area contributed by atoms with Crippen molar-refractivity contribution in [1.29, 1.82) is 0 Å². The van der Waals surface area contributed by atoms with Crippen LogP contribution in [0, 0.1) is 6.92 Å². The number of quaternary nitrogens is 1. The summed E-state index contributed by atoms with van der Waals surface area (Å²) in [5.74, 6) is 1.39. The molecule has 0 radical (unpaired) electrons. The Bertz CT molecular complexity index is 1370. The number of benzene rings is 1. The lowest BCUT2D eigenvalue weighted by molar-refractivity contribution is -0.887. The number of hydrogen-bond donors (Lipinski definition) is 2. The van der Waals surface area contributed by atoms with Gasteiger partial charge in [0.25, 0.3) is 5.56 Å². The smallest absolute Gasteiger partial charge is 0.277 e. The van der Waals surface area contributed by atoms with Crippen molar-refractivity contribution in [1.82, 2.24) is 23.9 Å². The molecule has 0 amide bonds. The fourth-order valence-corrected chi connectivity index (χ4v) is 6.20. The fraction of sp³-hybridized carbons (Fsp3) is 0.542. The molecule has 190 valence electrons. The third kappa shape index (κ3) is 4.85. The normalized spacial score (nSPS) is 15.8. The summed E-state index contributed by atoms with van der Waals surface area (Å²) in [6.45, 7) is 7.02. The Balaban J connectivity index is 1.79. The van der Waals surface area contributed by atoms with E-state index in [4.69, 9.17) is 4.74 Å². The molecule has 2 N–H and O–H groups in total. The second-order valence-electron chi connectivity index (χ2n) is 9.27. The SMILES string of the molecule is CCCc1nc(C)c2c(=O)[nH]c(-c3cc(S(=O)(=O)N4CCC([NH+](C)C)CC4)ccc3OCC)nn12. The lowest BCUT2D eigenvalue weighted by atomic mass is 10.1. The van der Waals surface area contributed by atoms with E-state index in [1.165, 1.54) is 4.90 Å². The summed E-state index contributed by atoms with van der Waals surface area (Å²) < 4.78 is 35.9. The summed E-state index contributed by atoms with van der Waals surface area (Å²) in [4.78, 5) is 21.8. The highest BCUT2D eigenvalue weighted by Crippen LogP contribution is 2.32. The van der Waals surface area contributed by atoms with Crippen molar-refractivity contribution in [2.45, 2.75) is 57.4 Å². The first-order valence-electron chi connectivity index (χ1n) is 12.2. The molecule has 0 aliphatic carbocycles. The Morgan fingerprint density at radius 2 is 1.91 bits per heavy atom. The van der Waals surface area contributed by atoms with Crippen molar-refractivity contribution >= 4 is 15.5 Å². The van der Waals surface area contributed by atoms with E-state index in [1.807, 2.05) is 13.8 Å². The summed E-state index contributed by atoms with van der Waals surface area (Å²) in [7, 11) is 0.497. The molecule has 1 aliphatic rings. The Kier molecular flexibility index (Phi) is 7.30. The minimum atomic E-state index is -3.71. The third-order valence-corrected chi connectivity index (χ3v) is 8.53. The van der Waals surface area contributed by atoms with Crippen molar-refractivity contribution in [3.8, 4) is 17.1 Å². The maximum Gasteiger partial charge on any atom is 0.277 e. The molecule has 0 bridgehead atoms. The summed E-state index contributed by atoms with van der Waals surface area (Å²) >= 11 is 0. The number of aromatic nitrogens is 4. The molecule has 1 fully saturated rings. The first kappa shape index (κ1) is 25.3. The summed E-state index contributed by atoms with van der Waals surface area (Å²) in [5, 5.41) is 4.66. The zero-order valence-electron chi connectivity index (χ0n) is 21.1. The average Bonchev–Trinajstić information content (AvgIpc) is 3.15. The number of hydrogen-bond acceptors (Lipinski definition) is 6. The van der Waals surface area contributed by atoms with E-state index >= 15 is 0 Å². The molecule has 2 aromatic heterocycles. The highest BCUT2D eigenvalue weighted by Gasteiger charge is 2.32. The Hall–Kier alpha value is -2.76. The molecular formula is C24H35N6O4S+. The van der Waals surface area contributed by atoms with Crippen molar-refractivity contribution < 1.29 is 18.1 Å². The van der Waals surface area contributed by atoms with Gasteiger partial charge in [-0.1, -0.05) is 6.92 Å². The number of aryl methyl sites for hydroxylation is 2. The number of sulfonamides is 1. The van der Waals surface area contributed by atoms with Crippen LogP contribution >= 0.6 is 0 Å². The van der Waals surface area contributed by atoms with Gasteiger partial charge >= 0.3 is 0 Å². The maximum atomic E-state index is 13.5. The molecule has 11 heteroatoms. The minimum absolute atomic E-state index is 0.157. The third-order valence-electron chi connectivity index (χ3n) is 6.63. The number of rotatable bonds is 8. The van der Waals surface area contributed by atoms with Gasteiger partial charge in [-0.15, -0.1) is 5.10 Å². The van der Waals surface area contributed by atoms with Crippen molar-refractivity contribution in [2.24, 2.45) is 0 Å².